The summed E-state index contributed by atoms with van der Waals surface area (Å²) in [4.78, 5) is 11.0. The molecule has 0 spiro atoms. The van der Waals surface area contributed by atoms with E-state index in [0.717, 1.165) is 6.92 Å². The second kappa shape index (κ2) is 5.99. The predicted octanol–water partition coefficient (Wildman–Crippen LogP) is 1.64. The molecule has 1 amide bonds. The molecule has 0 aromatic heterocycles. The summed E-state index contributed by atoms with van der Waals surface area (Å²) >= 11 is 0. The van der Waals surface area contributed by atoms with Crippen LogP contribution in [-0.4, -0.2) is 18.6 Å². The first-order valence-electron chi connectivity index (χ1n) is 4.37. The summed E-state index contributed by atoms with van der Waals surface area (Å²) in [6.45, 7) is 4.18. The van der Waals surface area contributed by atoms with Crippen LogP contribution >= 0.6 is 0 Å². The Morgan fingerprint density at radius 3 is 2.50 bits per heavy atom. The van der Waals surface area contributed by atoms with Gasteiger partial charge in [-0.2, -0.15) is 13.2 Å². The number of nitrogens with one attached hydrogen (secondary N) is 1. The van der Waals surface area contributed by atoms with Crippen molar-refractivity contribution in [2.45, 2.75) is 13.1 Å². The third kappa shape index (κ3) is 5.90. The molecule has 0 atom stereocenters. The van der Waals surface area contributed by atoms with Gasteiger partial charge in [-0.15, -0.1) is 0 Å². The maximum atomic E-state index is 12.0. The average molecular weight is 234 g/mol. The number of hydrogen-bond donors (Lipinski definition) is 2. The van der Waals surface area contributed by atoms with Crippen LogP contribution in [0.5, 0.6) is 0 Å². The Labute approximate surface area is 91.5 Å². The van der Waals surface area contributed by atoms with Gasteiger partial charge in [-0.05, 0) is 13.0 Å². The van der Waals surface area contributed by atoms with Gasteiger partial charge in [0.25, 0.3) is 0 Å². The Kier molecular flexibility index (Phi) is 5.35. The van der Waals surface area contributed by atoms with Crippen LogP contribution in [0.2, 0.25) is 0 Å². The molecular formula is C10H13F3N2O. The Morgan fingerprint density at radius 1 is 1.50 bits per heavy atom. The second-order valence-electron chi connectivity index (χ2n) is 3.02. The van der Waals surface area contributed by atoms with Crippen LogP contribution < -0.4 is 11.1 Å². The van der Waals surface area contributed by atoms with E-state index in [4.69, 9.17) is 5.73 Å². The Balaban J connectivity index is 4.30. The van der Waals surface area contributed by atoms with Gasteiger partial charge in [-0.1, -0.05) is 12.7 Å². The third-order valence-corrected chi connectivity index (χ3v) is 1.59. The van der Waals surface area contributed by atoms with Crippen molar-refractivity contribution in [2.75, 3.05) is 6.54 Å². The first-order chi connectivity index (χ1) is 7.27. The van der Waals surface area contributed by atoms with Gasteiger partial charge in [0.15, 0.2) is 0 Å². The number of carbonyl (C=O) groups excluding carboxylic acids is 1. The molecule has 3 N–H and O–H groups in total. The predicted molar refractivity (Wildman–Crippen MR) is 55.3 cm³/mol. The van der Waals surface area contributed by atoms with E-state index in [0.29, 0.717) is 11.8 Å². The molecule has 0 rings (SSSR count). The molecule has 16 heavy (non-hydrogen) atoms. The molecule has 90 valence electrons. The largest absolute Gasteiger partial charge is 0.412 e. The van der Waals surface area contributed by atoms with Crippen LogP contribution in [-0.2, 0) is 4.79 Å². The quantitative estimate of drug-likeness (QED) is 0.574. The van der Waals surface area contributed by atoms with Gasteiger partial charge in [0.05, 0.1) is 6.54 Å². The summed E-state index contributed by atoms with van der Waals surface area (Å²) in [6.07, 6.45) is -1.14. The van der Waals surface area contributed by atoms with Gasteiger partial charge in [0.1, 0.15) is 0 Å². The van der Waals surface area contributed by atoms with Crippen molar-refractivity contribution in [1.29, 1.82) is 0 Å². The Hall–Kier alpha value is -1.72. The van der Waals surface area contributed by atoms with Crippen LogP contribution in [0, 0.1) is 0 Å². The summed E-state index contributed by atoms with van der Waals surface area (Å²) in [6, 6.07) is 0. The maximum absolute atomic E-state index is 12.0. The fourth-order valence-electron chi connectivity index (χ4n) is 0.729. The van der Waals surface area contributed by atoms with Crippen LogP contribution in [0.3, 0.4) is 0 Å². The first kappa shape index (κ1) is 14.3. The smallest absolute Gasteiger partial charge is 0.401 e. The molecule has 0 aromatic rings. The minimum absolute atomic E-state index is 0.0213. The molecule has 0 bridgehead atoms. The Bertz CT molecular complexity index is 329. The summed E-state index contributed by atoms with van der Waals surface area (Å²) in [7, 11) is 0. The van der Waals surface area contributed by atoms with Crippen LogP contribution in [0.1, 0.15) is 6.92 Å². The number of alkyl halides is 3. The minimum Gasteiger partial charge on any atom is -0.401 e. The molecule has 0 saturated heterocycles. The maximum Gasteiger partial charge on any atom is 0.412 e. The zero-order chi connectivity index (χ0) is 12.8. The number of allylic oxidation sites excluding steroid dienone is 3. The van der Waals surface area contributed by atoms with Crippen molar-refractivity contribution in [3.8, 4) is 0 Å². The van der Waals surface area contributed by atoms with Gasteiger partial charge < -0.3 is 11.1 Å². The Morgan fingerprint density at radius 2 is 2.06 bits per heavy atom. The second-order valence-corrected chi connectivity index (χ2v) is 3.02. The lowest BCUT2D eigenvalue weighted by Crippen LogP contribution is -2.27. The monoisotopic (exact) mass is 234 g/mol. The van der Waals surface area contributed by atoms with E-state index < -0.39 is 17.7 Å². The van der Waals surface area contributed by atoms with Gasteiger partial charge in [-0.25, -0.2) is 0 Å². The van der Waals surface area contributed by atoms with Crippen LogP contribution in [0.25, 0.3) is 0 Å². The number of carbonyl (C=O) groups is 1. The van der Waals surface area contributed by atoms with E-state index in [9.17, 15) is 18.0 Å². The van der Waals surface area contributed by atoms with Gasteiger partial charge in [0, 0.05) is 17.3 Å². The first-order valence-corrected chi connectivity index (χ1v) is 4.37. The molecule has 0 aliphatic heterocycles. The van der Waals surface area contributed by atoms with E-state index in [-0.39, 0.29) is 6.54 Å². The third-order valence-electron chi connectivity index (χ3n) is 1.59. The average Bonchev–Trinajstić information content (AvgIpc) is 2.13. The number of nitrogens with two attached hydrogens (primary N) is 1. The number of halogens is 3. The van der Waals surface area contributed by atoms with Crippen molar-refractivity contribution in [3.05, 3.63) is 36.1 Å². The topological polar surface area (TPSA) is 55.1 Å². The lowest BCUT2D eigenvalue weighted by Gasteiger charge is -2.06. The standard InChI is InChI=1S/C10H13F3N2O/c1-3-4-8(14)6-15-9(16)5-7(2)10(11,12)13/h3-5H,1,6,14H2,2H3,(H,15,16)/b7-5+,8-4-. The lowest BCUT2D eigenvalue weighted by molar-refractivity contribution is -0.117. The molecule has 0 fully saturated rings. The zero-order valence-electron chi connectivity index (χ0n) is 8.77. The van der Waals surface area contributed by atoms with E-state index >= 15 is 0 Å². The van der Waals surface area contributed by atoms with E-state index in [1.165, 1.54) is 12.2 Å². The van der Waals surface area contributed by atoms with Gasteiger partial charge in [0.2, 0.25) is 5.91 Å². The van der Waals surface area contributed by atoms with E-state index in [2.05, 4.69) is 11.9 Å². The highest BCUT2D eigenvalue weighted by atomic mass is 19.4. The van der Waals surface area contributed by atoms with Gasteiger partial charge in [-0.3, -0.25) is 4.79 Å². The minimum atomic E-state index is -4.49. The molecule has 0 aliphatic rings. The normalized spacial score (nSPS) is 13.5. The molecule has 0 heterocycles. The lowest BCUT2D eigenvalue weighted by atomic mass is 10.2. The van der Waals surface area contributed by atoms with Crippen molar-refractivity contribution in [3.63, 3.8) is 0 Å². The molecule has 0 radical (unpaired) electrons. The van der Waals surface area contributed by atoms with Crippen molar-refractivity contribution >= 4 is 5.91 Å². The molecule has 0 aromatic carbocycles. The van der Waals surface area contributed by atoms with E-state index in [1.807, 2.05) is 0 Å². The van der Waals surface area contributed by atoms with Crippen molar-refractivity contribution in [1.82, 2.24) is 5.32 Å². The highest BCUT2D eigenvalue weighted by Crippen LogP contribution is 2.24. The van der Waals surface area contributed by atoms with E-state index in [1.54, 1.807) is 0 Å². The molecule has 0 saturated carbocycles. The highest BCUT2D eigenvalue weighted by molar-refractivity contribution is 5.88. The number of hydrogen-bond acceptors (Lipinski definition) is 2. The molecule has 6 heteroatoms. The summed E-state index contributed by atoms with van der Waals surface area (Å²) in [5.41, 5.74) is 4.73. The number of amides is 1. The molecule has 0 unspecified atom stereocenters. The fraction of sp³-hybridized carbons (Fsp3) is 0.300. The molecule has 0 aliphatic carbocycles. The molecular weight excluding hydrogens is 221 g/mol. The highest BCUT2D eigenvalue weighted by Gasteiger charge is 2.30. The van der Waals surface area contributed by atoms with Gasteiger partial charge >= 0.3 is 6.18 Å². The zero-order valence-corrected chi connectivity index (χ0v) is 8.77. The summed E-state index contributed by atoms with van der Waals surface area (Å²) in [5, 5.41) is 2.21. The molecule has 3 nitrogen and oxygen atoms in total. The fourth-order valence-corrected chi connectivity index (χ4v) is 0.729. The SMILES string of the molecule is C=C/C=C(\N)CNC(=O)/C=C(\C)C(F)(F)F. The summed E-state index contributed by atoms with van der Waals surface area (Å²) in [5.74, 6) is -0.838. The van der Waals surface area contributed by atoms with Crippen LogP contribution in [0.15, 0.2) is 36.1 Å². The number of rotatable bonds is 4. The van der Waals surface area contributed by atoms with Crippen molar-refractivity contribution < 1.29 is 18.0 Å². The van der Waals surface area contributed by atoms with Crippen LogP contribution in [0.4, 0.5) is 13.2 Å². The summed E-state index contributed by atoms with van der Waals surface area (Å²) < 4.78 is 36.1. The van der Waals surface area contributed by atoms with Crippen molar-refractivity contribution in [2.24, 2.45) is 5.73 Å².